The van der Waals surface area contributed by atoms with Gasteiger partial charge in [-0.15, -0.1) is 0 Å². The normalized spacial score (nSPS) is 16.7. The first-order valence-electron chi connectivity index (χ1n) is 13.0. The Bertz CT molecular complexity index is 1140. The number of aromatic nitrogens is 4. The molecule has 6 nitrogen and oxygen atoms in total. The van der Waals surface area contributed by atoms with E-state index in [0.29, 0.717) is 29.3 Å². The summed E-state index contributed by atoms with van der Waals surface area (Å²) in [6.07, 6.45) is 5.28. The molecule has 35 heavy (non-hydrogen) atoms. The Kier molecular flexibility index (Phi) is 7.30. The summed E-state index contributed by atoms with van der Waals surface area (Å²) in [5.41, 5.74) is 4.02. The molecule has 1 aliphatic carbocycles. The summed E-state index contributed by atoms with van der Waals surface area (Å²) in [6.45, 7) is 17.1. The third-order valence-corrected chi connectivity index (χ3v) is 7.71. The maximum absolute atomic E-state index is 6.30. The molecule has 0 saturated heterocycles. The molecule has 1 fully saturated rings. The molecule has 0 spiro atoms. The monoisotopic (exact) mass is 476 g/mol. The topological polar surface area (TPSA) is 73.9 Å². The van der Waals surface area contributed by atoms with E-state index in [1.54, 1.807) is 0 Å². The first-order chi connectivity index (χ1) is 16.6. The molecule has 3 atom stereocenters. The molecule has 0 amide bonds. The second kappa shape index (κ2) is 10.1. The number of ether oxygens (including phenoxy) is 1. The van der Waals surface area contributed by atoms with Crippen molar-refractivity contribution in [2.24, 2.45) is 17.8 Å². The zero-order valence-corrected chi connectivity index (χ0v) is 22.6. The molecule has 0 radical (unpaired) electrons. The number of hydrogen-bond acceptors (Lipinski definition) is 6. The summed E-state index contributed by atoms with van der Waals surface area (Å²) in [5.74, 6) is 4.06. The molecule has 6 heteroatoms. The van der Waals surface area contributed by atoms with E-state index in [-0.39, 0.29) is 6.10 Å². The van der Waals surface area contributed by atoms with Crippen molar-refractivity contribution in [1.82, 2.24) is 20.1 Å². The number of nitrogens with zero attached hydrogens (tertiary/aromatic N) is 4. The van der Waals surface area contributed by atoms with Gasteiger partial charge in [0.15, 0.2) is 5.82 Å². The summed E-state index contributed by atoms with van der Waals surface area (Å²) < 4.78 is 12.0. The van der Waals surface area contributed by atoms with E-state index >= 15 is 0 Å². The predicted octanol–water partition coefficient (Wildman–Crippen LogP) is 7.01. The fraction of sp³-hybridized carbons (Fsp3) is 0.586. The van der Waals surface area contributed by atoms with E-state index in [2.05, 4.69) is 81.8 Å². The van der Waals surface area contributed by atoms with Crippen LogP contribution in [0.25, 0.3) is 11.7 Å². The molecule has 0 bridgehead atoms. The van der Waals surface area contributed by atoms with Gasteiger partial charge in [0, 0.05) is 11.8 Å². The Morgan fingerprint density at radius 1 is 1.06 bits per heavy atom. The molecule has 2 aromatic heterocycles. The van der Waals surface area contributed by atoms with Gasteiger partial charge >= 0.3 is 0 Å². The highest BCUT2D eigenvalue weighted by atomic mass is 16.5. The van der Waals surface area contributed by atoms with E-state index in [0.717, 1.165) is 17.5 Å². The summed E-state index contributed by atoms with van der Waals surface area (Å²) in [4.78, 5) is 13.9. The van der Waals surface area contributed by atoms with E-state index in [1.807, 2.05) is 13.0 Å². The van der Waals surface area contributed by atoms with Crippen LogP contribution in [0.4, 0.5) is 0 Å². The zero-order valence-electron chi connectivity index (χ0n) is 22.6. The second-order valence-corrected chi connectivity index (χ2v) is 11.0. The zero-order chi connectivity index (χ0) is 25.3. The van der Waals surface area contributed by atoms with Crippen LogP contribution >= 0.6 is 0 Å². The molecule has 3 aromatic rings. The molecule has 1 aliphatic rings. The second-order valence-electron chi connectivity index (χ2n) is 11.0. The van der Waals surface area contributed by atoms with Crippen LogP contribution in [-0.2, 0) is 5.41 Å². The highest BCUT2D eigenvalue weighted by Crippen LogP contribution is 2.42. The molecule has 1 aromatic carbocycles. The van der Waals surface area contributed by atoms with Gasteiger partial charge in [-0.3, -0.25) is 0 Å². The van der Waals surface area contributed by atoms with Crippen molar-refractivity contribution in [2.75, 3.05) is 0 Å². The first-order valence-corrected chi connectivity index (χ1v) is 13.0. The lowest BCUT2D eigenvalue weighted by Gasteiger charge is -2.25. The van der Waals surface area contributed by atoms with Crippen molar-refractivity contribution in [2.45, 2.75) is 92.6 Å². The number of benzene rings is 1. The Morgan fingerprint density at radius 3 is 2.37 bits per heavy atom. The fourth-order valence-electron chi connectivity index (χ4n) is 5.41. The van der Waals surface area contributed by atoms with Crippen LogP contribution in [0.1, 0.15) is 88.5 Å². The van der Waals surface area contributed by atoms with Crippen molar-refractivity contribution in [3.05, 3.63) is 52.5 Å². The summed E-state index contributed by atoms with van der Waals surface area (Å²) in [7, 11) is 0. The van der Waals surface area contributed by atoms with Crippen LogP contribution in [0.2, 0.25) is 0 Å². The average molecular weight is 477 g/mol. The van der Waals surface area contributed by atoms with Gasteiger partial charge in [0.1, 0.15) is 6.10 Å². The standard InChI is InChI=1S/C29H40N4O2/c1-9-22(23-13-14-23)15-19(4)21(6)34-24-16-20(5)30-26(31-24)27-32-28(33-35-27)29(7,8)25-17(2)11-10-12-18(25)3/h10-12,16,19,21-23H,9,13-15H2,1-8H3/t19-,21-,22?/m0/s1. The lowest BCUT2D eigenvalue weighted by atomic mass is 9.79. The minimum atomic E-state index is -0.415. The van der Waals surface area contributed by atoms with Gasteiger partial charge in [0.25, 0.3) is 5.89 Å². The van der Waals surface area contributed by atoms with Crippen LogP contribution in [-0.4, -0.2) is 26.2 Å². The molecule has 4 rings (SSSR count). The number of hydrogen-bond donors (Lipinski definition) is 0. The summed E-state index contributed by atoms with van der Waals surface area (Å²) in [6, 6.07) is 8.19. The van der Waals surface area contributed by atoms with Gasteiger partial charge in [0.05, 0.1) is 5.41 Å². The minimum absolute atomic E-state index is 0.0613. The largest absolute Gasteiger partial charge is 0.474 e. The molecule has 0 aliphatic heterocycles. The van der Waals surface area contributed by atoms with Crippen molar-refractivity contribution in [3.63, 3.8) is 0 Å². The SMILES string of the molecule is CCC(C[C@H](C)[C@H](C)Oc1cc(C)nc(-c2nc(C(C)(C)c3c(C)cccc3C)no2)n1)C1CC1. The van der Waals surface area contributed by atoms with Gasteiger partial charge in [-0.25, -0.2) is 4.98 Å². The smallest absolute Gasteiger partial charge is 0.295 e. The van der Waals surface area contributed by atoms with Crippen LogP contribution in [0.15, 0.2) is 28.8 Å². The lowest BCUT2D eigenvalue weighted by Crippen LogP contribution is -2.24. The van der Waals surface area contributed by atoms with Gasteiger partial charge < -0.3 is 9.26 Å². The third kappa shape index (κ3) is 5.57. The van der Waals surface area contributed by atoms with Crippen molar-refractivity contribution < 1.29 is 9.26 Å². The van der Waals surface area contributed by atoms with E-state index in [9.17, 15) is 0 Å². The molecule has 0 N–H and O–H groups in total. The third-order valence-electron chi connectivity index (χ3n) is 7.71. The van der Waals surface area contributed by atoms with Crippen molar-refractivity contribution in [1.29, 1.82) is 0 Å². The van der Waals surface area contributed by atoms with Gasteiger partial charge in [-0.2, -0.15) is 9.97 Å². The highest BCUT2D eigenvalue weighted by molar-refractivity contribution is 5.46. The fourth-order valence-corrected chi connectivity index (χ4v) is 5.41. The molecule has 188 valence electrons. The number of rotatable bonds is 10. The van der Waals surface area contributed by atoms with Crippen LogP contribution in [0.3, 0.4) is 0 Å². The van der Waals surface area contributed by atoms with Crippen LogP contribution < -0.4 is 4.74 Å². The van der Waals surface area contributed by atoms with Gasteiger partial charge in [-0.1, -0.05) is 43.6 Å². The van der Waals surface area contributed by atoms with Crippen molar-refractivity contribution >= 4 is 0 Å². The maximum Gasteiger partial charge on any atom is 0.295 e. The first kappa shape index (κ1) is 25.3. The summed E-state index contributed by atoms with van der Waals surface area (Å²) in [5, 5.41) is 4.33. The maximum atomic E-state index is 6.30. The Morgan fingerprint density at radius 2 is 1.74 bits per heavy atom. The quantitative estimate of drug-likeness (QED) is 0.313. The minimum Gasteiger partial charge on any atom is -0.474 e. The van der Waals surface area contributed by atoms with E-state index in [4.69, 9.17) is 14.2 Å². The predicted molar refractivity (Wildman–Crippen MR) is 138 cm³/mol. The van der Waals surface area contributed by atoms with E-state index in [1.165, 1.54) is 42.4 Å². The van der Waals surface area contributed by atoms with Crippen LogP contribution in [0, 0.1) is 38.5 Å². The molecular weight excluding hydrogens is 436 g/mol. The number of aryl methyl sites for hydroxylation is 3. The molecule has 1 unspecified atom stereocenters. The van der Waals surface area contributed by atoms with Gasteiger partial charge in [-0.05, 0) is 95.2 Å². The van der Waals surface area contributed by atoms with E-state index < -0.39 is 5.41 Å². The van der Waals surface area contributed by atoms with Crippen molar-refractivity contribution in [3.8, 4) is 17.6 Å². The molecular formula is C29H40N4O2. The van der Waals surface area contributed by atoms with Crippen LogP contribution in [0.5, 0.6) is 5.88 Å². The lowest BCUT2D eigenvalue weighted by molar-refractivity contribution is 0.132. The van der Waals surface area contributed by atoms with Gasteiger partial charge in [0.2, 0.25) is 11.7 Å². The highest BCUT2D eigenvalue weighted by Gasteiger charge is 2.33. The Balaban J connectivity index is 1.53. The molecule has 1 saturated carbocycles. The summed E-state index contributed by atoms with van der Waals surface area (Å²) >= 11 is 0. The molecule has 2 heterocycles. The Labute approximate surface area is 209 Å². The average Bonchev–Trinajstić information content (AvgIpc) is 3.50. The Hall–Kier alpha value is -2.76.